The first-order valence-electron chi connectivity index (χ1n) is 7.55. The lowest BCUT2D eigenvalue weighted by Gasteiger charge is -2.17. The molecular formula is C20H16BrNOS. The van der Waals surface area contributed by atoms with Crippen LogP contribution in [0, 0.1) is 0 Å². The van der Waals surface area contributed by atoms with Gasteiger partial charge in [-0.3, -0.25) is 4.79 Å². The van der Waals surface area contributed by atoms with Crippen LogP contribution in [0.3, 0.4) is 0 Å². The molecule has 24 heavy (non-hydrogen) atoms. The Morgan fingerprint density at radius 1 is 0.833 bits per heavy atom. The molecule has 3 aromatic rings. The van der Waals surface area contributed by atoms with Gasteiger partial charge in [0.25, 0.3) is 0 Å². The van der Waals surface area contributed by atoms with Gasteiger partial charge < -0.3 is 5.32 Å². The molecule has 1 unspecified atom stereocenters. The van der Waals surface area contributed by atoms with Gasteiger partial charge in [0.1, 0.15) is 5.25 Å². The summed E-state index contributed by atoms with van der Waals surface area (Å²) in [4.78, 5) is 13.9. The first kappa shape index (κ1) is 16.8. The molecule has 0 aliphatic carbocycles. The second kappa shape index (κ2) is 8.18. The number of benzene rings is 3. The number of hydrogen-bond donors (Lipinski definition) is 1. The van der Waals surface area contributed by atoms with Crippen LogP contribution in [0.5, 0.6) is 0 Å². The van der Waals surface area contributed by atoms with E-state index in [0.29, 0.717) is 0 Å². The van der Waals surface area contributed by atoms with Gasteiger partial charge in [-0.15, -0.1) is 11.8 Å². The van der Waals surface area contributed by atoms with Crippen molar-refractivity contribution in [3.8, 4) is 0 Å². The maximum absolute atomic E-state index is 12.9. The van der Waals surface area contributed by atoms with Crippen molar-refractivity contribution in [2.45, 2.75) is 10.1 Å². The van der Waals surface area contributed by atoms with Gasteiger partial charge in [0, 0.05) is 15.1 Å². The molecule has 0 saturated carbocycles. The van der Waals surface area contributed by atoms with E-state index < -0.39 is 0 Å². The minimum Gasteiger partial charge on any atom is -0.325 e. The van der Waals surface area contributed by atoms with Crippen molar-refractivity contribution < 1.29 is 4.79 Å². The highest BCUT2D eigenvalue weighted by Crippen LogP contribution is 2.36. The van der Waals surface area contributed by atoms with Gasteiger partial charge in [-0.25, -0.2) is 0 Å². The molecule has 0 aromatic heterocycles. The molecule has 0 fully saturated rings. The summed E-state index contributed by atoms with van der Waals surface area (Å²) in [6.07, 6.45) is 0. The maximum Gasteiger partial charge on any atom is 0.242 e. The summed E-state index contributed by atoms with van der Waals surface area (Å²) in [6, 6.07) is 27.4. The van der Waals surface area contributed by atoms with Gasteiger partial charge in [-0.1, -0.05) is 64.5 Å². The van der Waals surface area contributed by atoms with Crippen LogP contribution in [0.2, 0.25) is 0 Å². The van der Waals surface area contributed by atoms with Crippen molar-refractivity contribution in [2.24, 2.45) is 0 Å². The van der Waals surface area contributed by atoms with Gasteiger partial charge in [0.05, 0.1) is 0 Å². The Kier molecular flexibility index (Phi) is 5.72. The van der Waals surface area contributed by atoms with Crippen LogP contribution >= 0.6 is 27.7 Å². The van der Waals surface area contributed by atoms with Crippen molar-refractivity contribution in [1.29, 1.82) is 0 Å². The fraction of sp³-hybridized carbons (Fsp3) is 0.0500. The molecule has 0 spiro atoms. The van der Waals surface area contributed by atoms with E-state index in [4.69, 9.17) is 0 Å². The standard InChI is InChI=1S/C20H16BrNOS/c21-16-11-13-17(14-12-16)22-20(23)19(15-7-3-1-4-8-15)24-18-9-5-2-6-10-18/h1-14,19H,(H,22,23). The van der Waals surface area contributed by atoms with Gasteiger partial charge in [0.15, 0.2) is 0 Å². The molecule has 0 radical (unpaired) electrons. The molecule has 1 amide bonds. The van der Waals surface area contributed by atoms with E-state index >= 15 is 0 Å². The zero-order valence-corrected chi connectivity index (χ0v) is 15.3. The maximum atomic E-state index is 12.9. The van der Waals surface area contributed by atoms with Crippen molar-refractivity contribution in [2.75, 3.05) is 5.32 Å². The molecule has 2 nitrogen and oxygen atoms in total. The summed E-state index contributed by atoms with van der Waals surface area (Å²) in [5, 5.41) is 2.70. The molecule has 0 bridgehead atoms. The van der Waals surface area contributed by atoms with Crippen molar-refractivity contribution in [3.05, 3.63) is 95.0 Å². The second-order valence-electron chi connectivity index (χ2n) is 5.22. The summed E-state index contributed by atoms with van der Waals surface area (Å²) < 4.78 is 0.985. The smallest absolute Gasteiger partial charge is 0.242 e. The largest absolute Gasteiger partial charge is 0.325 e. The summed E-state index contributed by atoms with van der Waals surface area (Å²) >= 11 is 4.96. The molecule has 3 aromatic carbocycles. The van der Waals surface area contributed by atoms with Crippen molar-refractivity contribution in [3.63, 3.8) is 0 Å². The van der Waals surface area contributed by atoms with E-state index in [-0.39, 0.29) is 11.2 Å². The van der Waals surface area contributed by atoms with Gasteiger partial charge in [-0.05, 0) is 42.0 Å². The minimum absolute atomic E-state index is 0.0302. The quantitative estimate of drug-likeness (QED) is 0.541. The highest BCUT2D eigenvalue weighted by Gasteiger charge is 2.22. The Hall–Kier alpha value is -2.04. The third kappa shape index (κ3) is 4.49. The van der Waals surface area contributed by atoms with E-state index in [9.17, 15) is 4.79 Å². The van der Waals surface area contributed by atoms with Crippen LogP contribution in [0.4, 0.5) is 5.69 Å². The average molecular weight is 398 g/mol. The van der Waals surface area contributed by atoms with E-state index in [2.05, 4.69) is 21.2 Å². The van der Waals surface area contributed by atoms with Crippen molar-refractivity contribution in [1.82, 2.24) is 0 Å². The highest BCUT2D eigenvalue weighted by atomic mass is 79.9. The van der Waals surface area contributed by atoms with E-state index in [1.165, 1.54) is 0 Å². The fourth-order valence-electron chi connectivity index (χ4n) is 2.28. The Morgan fingerprint density at radius 2 is 1.42 bits per heavy atom. The first-order valence-corrected chi connectivity index (χ1v) is 9.23. The van der Waals surface area contributed by atoms with Gasteiger partial charge in [-0.2, -0.15) is 0 Å². The molecule has 0 aliphatic rings. The van der Waals surface area contributed by atoms with Crippen LogP contribution < -0.4 is 5.32 Å². The number of rotatable bonds is 5. The third-order valence-electron chi connectivity index (χ3n) is 3.45. The molecule has 4 heteroatoms. The monoisotopic (exact) mass is 397 g/mol. The average Bonchev–Trinajstić information content (AvgIpc) is 2.63. The summed E-state index contributed by atoms with van der Waals surface area (Å²) in [5.74, 6) is -0.0302. The number of carbonyl (C=O) groups excluding carboxylic acids is 1. The SMILES string of the molecule is O=C(Nc1ccc(Br)cc1)C(Sc1ccccc1)c1ccccc1. The predicted octanol–water partition coefficient (Wildman–Crippen LogP) is 5.92. The van der Waals surface area contributed by atoms with Crippen LogP contribution in [-0.2, 0) is 4.79 Å². The minimum atomic E-state index is -0.308. The number of thioether (sulfide) groups is 1. The Balaban J connectivity index is 1.83. The first-order chi connectivity index (χ1) is 11.7. The van der Waals surface area contributed by atoms with Crippen molar-refractivity contribution >= 4 is 39.3 Å². The normalized spacial score (nSPS) is 11.7. The van der Waals surface area contributed by atoms with E-state index in [1.54, 1.807) is 11.8 Å². The molecule has 3 rings (SSSR count). The molecule has 0 saturated heterocycles. The number of nitrogens with one attached hydrogen (secondary N) is 1. The molecule has 0 aliphatic heterocycles. The van der Waals surface area contributed by atoms with Crippen LogP contribution in [0.1, 0.15) is 10.8 Å². The zero-order chi connectivity index (χ0) is 16.8. The lowest BCUT2D eigenvalue weighted by atomic mass is 10.1. The van der Waals surface area contributed by atoms with Crippen LogP contribution in [-0.4, -0.2) is 5.91 Å². The predicted molar refractivity (Wildman–Crippen MR) is 104 cm³/mol. The lowest BCUT2D eigenvalue weighted by molar-refractivity contribution is -0.115. The summed E-state index contributed by atoms with van der Waals surface area (Å²) in [6.45, 7) is 0. The Morgan fingerprint density at radius 3 is 2.04 bits per heavy atom. The summed E-state index contributed by atoms with van der Waals surface area (Å²) in [5.41, 5.74) is 1.78. The topological polar surface area (TPSA) is 29.1 Å². The van der Waals surface area contributed by atoms with Gasteiger partial charge >= 0.3 is 0 Å². The summed E-state index contributed by atoms with van der Waals surface area (Å²) in [7, 11) is 0. The zero-order valence-electron chi connectivity index (χ0n) is 12.9. The number of amides is 1. The lowest BCUT2D eigenvalue weighted by Crippen LogP contribution is -2.18. The Labute approximate surface area is 154 Å². The number of halogens is 1. The molecular weight excluding hydrogens is 382 g/mol. The van der Waals surface area contributed by atoms with Gasteiger partial charge in [0.2, 0.25) is 5.91 Å². The van der Waals surface area contributed by atoms with Crippen LogP contribution in [0.15, 0.2) is 94.3 Å². The number of anilines is 1. The Bertz CT molecular complexity index is 791. The molecule has 120 valence electrons. The molecule has 0 heterocycles. The highest BCUT2D eigenvalue weighted by molar-refractivity contribution is 9.10. The number of carbonyl (C=O) groups is 1. The molecule has 1 atom stereocenters. The van der Waals surface area contributed by atoms with Crippen LogP contribution in [0.25, 0.3) is 0 Å². The third-order valence-corrected chi connectivity index (χ3v) is 5.24. The van der Waals surface area contributed by atoms with E-state index in [0.717, 1.165) is 20.6 Å². The number of hydrogen-bond acceptors (Lipinski definition) is 2. The second-order valence-corrected chi connectivity index (χ2v) is 7.31. The van der Waals surface area contributed by atoms with E-state index in [1.807, 2.05) is 84.9 Å². The molecule has 1 N–H and O–H groups in total. The fourth-order valence-corrected chi connectivity index (χ4v) is 3.59.